The fourth-order valence-corrected chi connectivity index (χ4v) is 7.56. The van der Waals surface area contributed by atoms with Crippen molar-refractivity contribution in [3.63, 3.8) is 0 Å². The van der Waals surface area contributed by atoms with Crippen molar-refractivity contribution < 1.29 is 4.79 Å². The summed E-state index contributed by atoms with van der Waals surface area (Å²) in [5, 5.41) is 8.33. The van der Waals surface area contributed by atoms with Gasteiger partial charge >= 0.3 is 0 Å². The highest BCUT2D eigenvalue weighted by Gasteiger charge is 2.51. The van der Waals surface area contributed by atoms with Gasteiger partial charge in [0.2, 0.25) is 5.91 Å². The molecule has 4 aliphatic rings. The fourth-order valence-electron chi connectivity index (χ4n) is 6.82. The molecule has 1 aromatic heterocycles. The molecule has 4 heteroatoms. The second-order valence-electron chi connectivity index (χ2n) is 9.74. The lowest BCUT2D eigenvalue weighted by atomic mass is 9.49. The van der Waals surface area contributed by atoms with Gasteiger partial charge in [-0.2, -0.15) is 0 Å². The minimum Gasteiger partial charge on any atom is -0.302 e. The number of aromatic nitrogens is 1. The number of carbonyl (C=O) groups excluding carboxylic acids is 1. The van der Waals surface area contributed by atoms with E-state index in [1.54, 1.807) is 0 Å². The summed E-state index contributed by atoms with van der Waals surface area (Å²) in [6.45, 7) is 0. The van der Waals surface area contributed by atoms with Crippen LogP contribution in [0.1, 0.15) is 44.9 Å². The molecule has 1 amide bonds. The number of carbonyl (C=O) groups is 1. The van der Waals surface area contributed by atoms with Crippen molar-refractivity contribution in [2.75, 3.05) is 5.32 Å². The monoisotopic (exact) mass is 402 g/mol. The van der Waals surface area contributed by atoms with E-state index >= 15 is 0 Å². The van der Waals surface area contributed by atoms with E-state index in [0.717, 1.165) is 34.1 Å². The van der Waals surface area contributed by atoms with Gasteiger partial charge in [-0.15, -0.1) is 11.3 Å². The van der Waals surface area contributed by atoms with Gasteiger partial charge in [-0.25, -0.2) is 4.98 Å². The molecule has 0 unspecified atom stereocenters. The summed E-state index contributed by atoms with van der Waals surface area (Å²) in [7, 11) is 0. The van der Waals surface area contributed by atoms with Crippen LogP contribution in [0.25, 0.3) is 22.0 Å². The average Bonchev–Trinajstić information content (AvgIpc) is 3.14. The predicted molar refractivity (Wildman–Crippen MR) is 119 cm³/mol. The number of anilines is 1. The SMILES string of the molecule is O=C(CC12CC3CC(CC(C3)C1)C2)Nc1nc(-c2ccc3ccccc3c2)cs1. The summed E-state index contributed by atoms with van der Waals surface area (Å²) >= 11 is 1.53. The van der Waals surface area contributed by atoms with Crippen LogP contribution in [0.4, 0.5) is 5.13 Å². The molecule has 0 spiro atoms. The lowest BCUT2D eigenvalue weighted by Gasteiger charge is -2.56. The number of hydrogen-bond donors (Lipinski definition) is 1. The molecule has 0 radical (unpaired) electrons. The Morgan fingerprint density at radius 2 is 1.69 bits per heavy atom. The number of hydrogen-bond acceptors (Lipinski definition) is 3. The zero-order valence-electron chi connectivity index (χ0n) is 16.6. The van der Waals surface area contributed by atoms with E-state index in [-0.39, 0.29) is 11.3 Å². The first-order valence-corrected chi connectivity index (χ1v) is 11.8. The molecule has 3 aromatic rings. The fraction of sp³-hybridized carbons (Fsp3) is 0.440. The quantitative estimate of drug-likeness (QED) is 0.540. The molecule has 29 heavy (non-hydrogen) atoms. The highest BCUT2D eigenvalue weighted by Crippen LogP contribution is 2.61. The second-order valence-corrected chi connectivity index (χ2v) is 10.6. The van der Waals surface area contributed by atoms with Crippen LogP contribution in [-0.4, -0.2) is 10.9 Å². The number of rotatable bonds is 4. The van der Waals surface area contributed by atoms with Gasteiger partial charge in [0.1, 0.15) is 0 Å². The first-order valence-electron chi connectivity index (χ1n) is 10.9. The van der Waals surface area contributed by atoms with E-state index in [0.29, 0.717) is 6.42 Å². The zero-order valence-corrected chi connectivity index (χ0v) is 17.4. The summed E-state index contributed by atoms with van der Waals surface area (Å²) in [5.74, 6) is 2.81. The molecule has 4 fully saturated rings. The van der Waals surface area contributed by atoms with E-state index in [2.05, 4.69) is 47.8 Å². The maximum atomic E-state index is 12.9. The molecule has 0 atom stereocenters. The molecule has 7 rings (SSSR count). The molecule has 1 N–H and O–H groups in total. The molecule has 4 aliphatic carbocycles. The number of amides is 1. The van der Waals surface area contributed by atoms with Crippen LogP contribution >= 0.6 is 11.3 Å². The van der Waals surface area contributed by atoms with Gasteiger partial charge in [-0.1, -0.05) is 36.4 Å². The van der Waals surface area contributed by atoms with Crippen LogP contribution in [0.15, 0.2) is 47.8 Å². The largest absolute Gasteiger partial charge is 0.302 e. The molecule has 4 saturated carbocycles. The van der Waals surface area contributed by atoms with E-state index in [1.165, 1.54) is 60.6 Å². The molecule has 2 aromatic carbocycles. The zero-order chi connectivity index (χ0) is 19.4. The van der Waals surface area contributed by atoms with Crippen molar-refractivity contribution in [1.82, 2.24) is 4.98 Å². The van der Waals surface area contributed by atoms with Crippen molar-refractivity contribution in [3.05, 3.63) is 47.8 Å². The average molecular weight is 403 g/mol. The summed E-state index contributed by atoms with van der Waals surface area (Å²) in [6.07, 6.45) is 8.75. The van der Waals surface area contributed by atoms with Gasteiger partial charge in [-0.3, -0.25) is 4.79 Å². The Morgan fingerprint density at radius 3 is 2.41 bits per heavy atom. The minimum atomic E-state index is 0.159. The lowest BCUT2D eigenvalue weighted by Crippen LogP contribution is -2.47. The van der Waals surface area contributed by atoms with Crippen molar-refractivity contribution >= 4 is 33.1 Å². The summed E-state index contributed by atoms with van der Waals surface area (Å²) in [5.41, 5.74) is 2.31. The van der Waals surface area contributed by atoms with Gasteiger partial charge < -0.3 is 5.32 Å². The molecule has 0 saturated heterocycles. The molecular formula is C25H26N2OS. The van der Waals surface area contributed by atoms with Crippen LogP contribution in [-0.2, 0) is 4.79 Å². The first-order chi connectivity index (χ1) is 14.1. The van der Waals surface area contributed by atoms with E-state index in [9.17, 15) is 4.79 Å². The van der Waals surface area contributed by atoms with E-state index < -0.39 is 0 Å². The Labute approximate surface area is 175 Å². The van der Waals surface area contributed by atoms with Crippen LogP contribution in [0, 0.1) is 23.2 Å². The van der Waals surface area contributed by atoms with E-state index in [1.807, 2.05) is 5.38 Å². The Bertz CT molecular complexity index is 1050. The number of nitrogens with zero attached hydrogens (tertiary/aromatic N) is 1. The molecule has 148 valence electrons. The highest BCUT2D eigenvalue weighted by atomic mass is 32.1. The smallest absolute Gasteiger partial charge is 0.226 e. The maximum absolute atomic E-state index is 12.9. The Kier molecular flexibility index (Phi) is 4.05. The van der Waals surface area contributed by atoms with Crippen LogP contribution in [0.3, 0.4) is 0 Å². The van der Waals surface area contributed by atoms with Crippen molar-refractivity contribution in [2.45, 2.75) is 44.9 Å². The minimum absolute atomic E-state index is 0.159. The first kappa shape index (κ1) is 17.6. The van der Waals surface area contributed by atoms with Gasteiger partial charge in [0, 0.05) is 17.4 Å². The lowest BCUT2D eigenvalue weighted by molar-refractivity contribution is -0.124. The summed E-state index contributed by atoms with van der Waals surface area (Å²) < 4.78 is 0. The molecule has 1 heterocycles. The summed E-state index contributed by atoms with van der Waals surface area (Å²) in [4.78, 5) is 17.6. The molecule has 3 nitrogen and oxygen atoms in total. The predicted octanol–water partition coefficient (Wildman–Crippen LogP) is 6.51. The maximum Gasteiger partial charge on any atom is 0.226 e. The highest BCUT2D eigenvalue weighted by molar-refractivity contribution is 7.14. The Balaban J connectivity index is 1.17. The van der Waals surface area contributed by atoms with Crippen LogP contribution < -0.4 is 5.32 Å². The normalized spacial score (nSPS) is 30.0. The van der Waals surface area contributed by atoms with Gasteiger partial charge in [0.05, 0.1) is 5.69 Å². The third-order valence-corrected chi connectivity index (χ3v) is 8.25. The molecule has 4 bridgehead atoms. The van der Waals surface area contributed by atoms with Crippen LogP contribution in [0.5, 0.6) is 0 Å². The van der Waals surface area contributed by atoms with E-state index in [4.69, 9.17) is 4.98 Å². The van der Waals surface area contributed by atoms with Gasteiger partial charge in [0.15, 0.2) is 5.13 Å². The summed E-state index contributed by atoms with van der Waals surface area (Å²) in [6, 6.07) is 14.8. The number of nitrogens with one attached hydrogen (secondary N) is 1. The Hall–Kier alpha value is -2.20. The number of benzene rings is 2. The molecular weight excluding hydrogens is 376 g/mol. The third-order valence-electron chi connectivity index (χ3n) is 7.50. The number of fused-ring (bicyclic) bond motifs is 1. The second kappa shape index (κ2) is 6.66. The third kappa shape index (κ3) is 3.28. The van der Waals surface area contributed by atoms with Gasteiger partial charge in [-0.05, 0) is 78.5 Å². The standard InChI is InChI=1S/C25H26N2OS/c28-23(14-25-11-16-7-17(12-25)9-18(8-16)13-25)27-24-26-22(15-29-24)21-6-5-19-3-1-2-4-20(19)10-21/h1-6,10,15-18H,7-9,11-14H2,(H,26,27,28). The Morgan fingerprint density at radius 1 is 1.00 bits per heavy atom. The van der Waals surface area contributed by atoms with Crippen LogP contribution in [0.2, 0.25) is 0 Å². The van der Waals surface area contributed by atoms with Crippen molar-refractivity contribution in [2.24, 2.45) is 23.2 Å². The van der Waals surface area contributed by atoms with Gasteiger partial charge in [0.25, 0.3) is 0 Å². The number of thiazole rings is 1. The van der Waals surface area contributed by atoms with Crippen molar-refractivity contribution in [1.29, 1.82) is 0 Å². The topological polar surface area (TPSA) is 42.0 Å². The van der Waals surface area contributed by atoms with Crippen molar-refractivity contribution in [3.8, 4) is 11.3 Å². The molecule has 0 aliphatic heterocycles.